The fourth-order valence-corrected chi connectivity index (χ4v) is 2.68. The molecule has 3 heteroatoms. The molecule has 2 atom stereocenters. The van der Waals surface area contributed by atoms with Gasteiger partial charge in [-0.15, -0.1) is 0 Å². The van der Waals surface area contributed by atoms with E-state index in [1.165, 1.54) is 13.3 Å². The van der Waals surface area contributed by atoms with Gasteiger partial charge in [-0.25, -0.2) is 4.79 Å². The van der Waals surface area contributed by atoms with E-state index in [-0.39, 0.29) is 0 Å². The molecule has 0 radical (unpaired) electrons. The van der Waals surface area contributed by atoms with Gasteiger partial charge in [-0.2, -0.15) is 0 Å². The maximum absolute atomic E-state index is 10.8. The molecule has 1 fully saturated rings. The summed E-state index contributed by atoms with van der Waals surface area (Å²) in [5.41, 5.74) is -1.25. The van der Waals surface area contributed by atoms with Gasteiger partial charge in [0.25, 0.3) is 0 Å². The van der Waals surface area contributed by atoms with E-state index < -0.39 is 11.6 Å². The number of carboxylic acids is 1. The normalized spacial score (nSPS) is 29.5. The highest BCUT2D eigenvalue weighted by Crippen LogP contribution is 2.41. The van der Waals surface area contributed by atoms with Crippen molar-refractivity contribution in [2.24, 2.45) is 11.3 Å². The van der Waals surface area contributed by atoms with Crippen molar-refractivity contribution in [3.8, 4) is 0 Å². The predicted octanol–water partition coefficient (Wildman–Crippen LogP) is 2.43. The Hall–Kier alpha value is -0.570. The Bertz CT molecular complexity index is 243. The number of carbonyl (C=O) groups is 1. The van der Waals surface area contributed by atoms with E-state index in [0.717, 1.165) is 19.3 Å². The van der Waals surface area contributed by atoms with E-state index in [4.69, 9.17) is 5.11 Å². The molecule has 1 saturated carbocycles. The zero-order chi connectivity index (χ0) is 11.7. The molecule has 0 aromatic carbocycles. The van der Waals surface area contributed by atoms with E-state index in [9.17, 15) is 9.90 Å². The fourth-order valence-electron chi connectivity index (χ4n) is 2.68. The summed E-state index contributed by atoms with van der Waals surface area (Å²) < 4.78 is 0. The lowest BCUT2D eigenvalue weighted by Gasteiger charge is -2.37. The summed E-state index contributed by atoms with van der Waals surface area (Å²) in [7, 11) is 0. The molecule has 0 bridgehead atoms. The van der Waals surface area contributed by atoms with Crippen LogP contribution in [0.4, 0.5) is 0 Å². The van der Waals surface area contributed by atoms with Crippen molar-refractivity contribution in [2.45, 2.75) is 58.5 Å². The van der Waals surface area contributed by atoms with Gasteiger partial charge < -0.3 is 10.2 Å². The van der Waals surface area contributed by atoms with Crippen molar-refractivity contribution < 1.29 is 15.0 Å². The van der Waals surface area contributed by atoms with Gasteiger partial charge in [0.1, 0.15) is 0 Å². The van der Waals surface area contributed by atoms with Crippen molar-refractivity contribution in [1.29, 1.82) is 0 Å². The zero-order valence-electron chi connectivity index (χ0n) is 9.92. The second-order valence-corrected chi connectivity index (χ2v) is 5.91. The second kappa shape index (κ2) is 4.12. The van der Waals surface area contributed by atoms with Crippen LogP contribution in [-0.4, -0.2) is 21.8 Å². The van der Waals surface area contributed by atoms with Crippen LogP contribution in [0, 0.1) is 11.3 Å². The van der Waals surface area contributed by atoms with Gasteiger partial charge in [0, 0.05) is 0 Å². The van der Waals surface area contributed by atoms with Gasteiger partial charge in [0.2, 0.25) is 0 Å². The molecule has 0 aromatic heterocycles. The molecule has 0 spiro atoms. The summed E-state index contributed by atoms with van der Waals surface area (Å²) in [4.78, 5) is 10.8. The second-order valence-electron chi connectivity index (χ2n) is 5.91. The minimum Gasteiger partial charge on any atom is -0.479 e. The third-order valence-corrected chi connectivity index (χ3v) is 3.45. The first kappa shape index (κ1) is 12.5. The molecule has 0 saturated heterocycles. The van der Waals surface area contributed by atoms with Crippen molar-refractivity contribution in [3.63, 3.8) is 0 Å². The van der Waals surface area contributed by atoms with E-state index >= 15 is 0 Å². The highest BCUT2D eigenvalue weighted by Gasteiger charge is 2.36. The summed E-state index contributed by atoms with van der Waals surface area (Å²) in [5.74, 6) is -0.759. The smallest absolute Gasteiger partial charge is 0.335 e. The first-order chi connectivity index (χ1) is 6.73. The number of aliphatic hydroxyl groups is 1. The lowest BCUT2D eigenvalue weighted by Crippen LogP contribution is -2.38. The summed E-state index contributed by atoms with van der Waals surface area (Å²) in [6.45, 7) is 5.83. The Morgan fingerprint density at radius 3 is 2.60 bits per heavy atom. The third-order valence-electron chi connectivity index (χ3n) is 3.45. The number of hydrogen-bond acceptors (Lipinski definition) is 2. The SMILES string of the molecule is CC1(C)CCCC(CC(C)(O)C(=O)O)C1. The van der Waals surface area contributed by atoms with Crippen molar-refractivity contribution in [3.05, 3.63) is 0 Å². The van der Waals surface area contributed by atoms with Gasteiger partial charge in [0.05, 0.1) is 0 Å². The lowest BCUT2D eigenvalue weighted by molar-refractivity contribution is -0.158. The van der Waals surface area contributed by atoms with Crippen molar-refractivity contribution in [1.82, 2.24) is 0 Å². The molecule has 0 aromatic rings. The molecular formula is C12H22O3. The van der Waals surface area contributed by atoms with E-state index in [1.54, 1.807) is 0 Å². The predicted molar refractivity (Wildman–Crippen MR) is 58.6 cm³/mol. The molecule has 15 heavy (non-hydrogen) atoms. The number of rotatable bonds is 3. The van der Waals surface area contributed by atoms with Gasteiger partial charge in [-0.05, 0) is 37.5 Å². The number of carboxylic acid groups (broad SMARTS) is 1. The topological polar surface area (TPSA) is 57.5 Å². The van der Waals surface area contributed by atoms with Gasteiger partial charge in [-0.1, -0.05) is 26.7 Å². The Labute approximate surface area is 91.5 Å². The minimum absolute atomic E-state index is 0.303. The summed E-state index contributed by atoms with van der Waals surface area (Å²) in [6.07, 6.45) is 4.81. The first-order valence-electron chi connectivity index (χ1n) is 5.69. The summed E-state index contributed by atoms with van der Waals surface area (Å²) >= 11 is 0. The molecular weight excluding hydrogens is 192 g/mol. The van der Waals surface area contributed by atoms with Crippen LogP contribution in [0.1, 0.15) is 52.9 Å². The maximum Gasteiger partial charge on any atom is 0.335 e. The largest absolute Gasteiger partial charge is 0.479 e. The minimum atomic E-state index is -1.56. The van der Waals surface area contributed by atoms with Crippen LogP contribution < -0.4 is 0 Å². The van der Waals surface area contributed by atoms with Crippen molar-refractivity contribution >= 4 is 5.97 Å². The monoisotopic (exact) mass is 214 g/mol. The highest BCUT2D eigenvalue weighted by atomic mass is 16.4. The molecule has 3 nitrogen and oxygen atoms in total. The molecule has 1 rings (SSSR count). The van der Waals surface area contributed by atoms with Gasteiger partial charge >= 0.3 is 5.97 Å². The molecule has 2 unspecified atom stereocenters. The molecule has 1 aliphatic carbocycles. The summed E-state index contributed by atoms with van der Waals surface area (Å²) in [6, 6.07) is 0. The van der Waals surface area contributed by atoms with Crippen LogP contribution in [0.5, 0.6) is 0 Å². The highest BCUT2D eigenvalue weighted by molar-refractivity contribution is 5.76. The molecule has 88 valence electrons. The van der Waals surface area contributed by atoms with Crippen LogP contribution in [0.2, 0.25) is 0 Å². The lowest BCUT2D eigenvalue weighted by atomic mass is 9.69. The van der Waals surface area contributed by atoms with E-state index in [0.29, 0.717) is 17.8 Å². The van der Waals surface area contributed by atoms with E-state index in [1.807, 2.05) is 0 Å². The molecule has 0 aliphatic heterocycles. The standard InChI is InChI=1S/C12H22O3/c1-11(2)6-4-5-9(7-11)8-12(3,15)10(13)14/h9,15H,4-8H2,1-3H3,(H,13,14). The average molecular weight is 214 g/mol. The van der Waals surface area contributed by atoms with Crippen molar-refractivity contribution in [2.75, 3.05) is 0 Å². The van der Waals surface area contributed by atoms with Crippen LogP contribution in [0.3, 0.4) is 0 Å². The number of hydrogen-bond donors (Lipinski definition) is 2. The average Bonchev–Trinajstić information content (AvgIpc) is 2.00. The van der Waals surface area contributed by atoms with Gasteiger partial charge in [-0.3, -0.25) is 0 Å². The van der Waals surface area contributed by atoms with Crippen LogP contribution in [0.15, 0.2) is 0 Å². The quantitative estimate of drug-likeness (QED) is 0.758. The van der Waals surface area contributed by atoms with Crippen LogP contribution in [0.25, 0.3) is 0 Å². The Morgan fingerprint density at radius 2 is 2.13 bits per heavy atom. The summed E-state index contributed by atoms with van der Waals surface area (Å²) in [5, 5.41) is 18.6. The zero-order valence-corrected chi connectivity index (χ0v) is 9.92. The Kier molecular flexibility index (Phi) is 3.44. The molecule has 1 aliphatic rings. The van der Waals surface area contributed by atoms with E-state index in [2.05, 4.69) is 13.8 Å². The van der Waals surface area contributed by atoms with Crippen LogP contribution >= 0.6 is 0 Å². The first-order valence-corrected chi connectivity index (χ1v) is 5.69. The Balaban J connectivity index is 2.55. The molecule has 0 amide bonds. The molecule has 0 heterocycles. The molecule has 2 N–H and O–H groups in total. The maximum atomic E-state index is 10.8. The third kappa shape index (κ3) is 3.49. The Morgan fingerprint density at radius 1 is 1.53 bits per heavy atom. The van der Waals surface area contributed by atoms with Crippen LogP contribution in [-0.2, 0) is 4.79 Å². The number of aliphatic carboxylic acids is 1. The fraction of sp³-hybridized carbons (Fsp3) is 0.917. The van der Waals surface area contributed by atoms with Gasteiger partial charge in [0.15, 0.2) is 5.60 Å².